The van der Waals surface area contributed by atoms with Crippen LogP contribution in [-0.4, -0.2) is 23.1 Å². The number of hydrogen-bond donors (Lipinski definition) is 1. The maximum atomic E-state index is 11.5. The van der Waals surface area contributed by atoms with Crippen LogP contribution in [0.2, 0.25) is 5.15 Å². The van der Waals surface area contributed by atoms with Crippen molar-refractivity contribution in [3.8, 4) is 0 Å². The predicted molar refractivity (Wildman–Crippen MR) is 66.9 cm³/mol. The normalized spacial score (nSPS) is 12.6. The Labute approximate surface area is 106 Å². The number of carbonyl (C=O) groups excluding carboxylic acids is 1. The summed E-state index contributed by atoms with van der Waals surface area (Å²) in [5.74, 6) is -0.419. The molecule has 0 saturated heterocycles. The molecular weight excluding hydrogens is 240 g/mol. The SMILES string of the molecule is Cc1cnc(Cl)c(C[C@H](N)C(=O)OC(C)C)c1. The van der Waals surface area contributed by atoms with Crippen molar-refractivity contribution in [1.29, 1.82) is 0 Å². The Kier molecular flexibility index (Phi) is 4.90. The Morgan fingerprint density at radius 2 is 2.24 bits per heavy atom. The fourth-order valence-electron chi connectivity index (χ4n) is 1.40. The summed E-state index contributed by atoms with van der Waals surface area (Å²) in [4.78, 5) is 15.6. The van der Waals surface area contributed by atoms with Gasteiger partial charge in [0, 0.05) is 12.6 Å². The second-order valence-electron chi connectivity index (χ2n) is 4.26. The Morgan fingerprint density at radius 3 is 2.82 bits per heavy atom. The summed E-state index contributed by atoms with van der Waals surface area (Å²) in [6, 6.07) is 1.16. The van der Waals surface area contributed by atoms with Crippen LogP contribution in [0.4, 0.5) is 0 Å². The number of nitrogens with zero attached hydrogens (tertiary/aromatic N) is 1. The lowest BCUT2D eigenvalue weighted by atomic mass is 10.1. The van der Waals surface area contributed by atoms with Crippen molar-refractivity contribution in [3.05, 3.63) is 28.5 Å². The first kappa shape index (κ1) is 13.9. The smallest absolute Gasteiger partial charge is 0.323 e. The van der Waals surface area contributed by atoms with Gasteiger partial charge in [-0.05, 0) is 31.9 Å². The van der Waals surface area contributed by atoms with Crippen LogP contribution in [0.5, 0.6) is 0 Å². The van der Waals surface area contributed by atoms with Crippen LogP contribution in [0.3, 0.4) is 0 Å². The molecule has 0 aromatic carbocycles. The van der Waals surface area contributed by atoms with Gasteiger partial charge in [-0.2, -0.15) is 0 Å². The van der Waals surface area contributed by atoms with Crippen LogP contribution in [0, 0.1) is 6.92 Å². The fraction of sp³-hybridized carbons (Fsp3) is 0.500. The number of nitrogens with two attached hydrogens (primary N) is 1. The first-order valence-corrected chi connectivity index (χ1v) is 5.85. The third kappa shape index (κ3) is 4.32. The zero-order chi connectivity index (χ0) is 13.0. The van der Waals surface area contributed by atoms with Crippen molar-refractivity contribution in [1.82, 2.24) is 4.98 Å². The van der Waals surface area contributed by atoms with Gasteiger partial charge >= 0.3 is 5.97 Å². The van der Waals surface area contributed by atoms with Gasteiger partial charge in [0.15, 0.2) is 0 Å². The summed E-state index contributed by atoms with van der Waals surface area (Å²) in [7, 11) is 0. The molecule has 0 saturated carbocycles. The van der Waals surface area contributed by atoms with E-state index in [0.29, 0.717) is 11.6 Å². The second-order valence-corrected chi connectivity index (χ2v) is 4.62. The van der Waals surface area contributed by atoms with Crippen LogP contribution in [0.25, 0.3) is 0 Å². The van der Waals surface area contributed by atoms with E-state index < -0.39 is 12.0 Å². The zero-order valence-corrected chi connectivity index (χ0v) is 11.0. The lowest BCUT2D eigenvalue weighted by Crippen LogP contribution is -2.35. The van der Waals surface area contributed by atoms with E-state index in [1.807, 2.05) is 13.0 Å². The molecule has 0 aliphatic heterocycles. The Bertz CT molecular complexity index is 407. The van der Waals surface area contributed by atoms with Gasteiger partial charge in [0.25, 0.3) is 0 Å². The van der Waals surface area contributed by atoms with E-state index in [1.165, 1.54) is 0 Å². The largest absolute Gasteiger partial charge is 0.462 e. The maximum absolute atomic E-state index is 11.5. The van der Waals surface area contributed by atoms with Crippen molar-refractivity contribution >= 4 is 17.6 Å². The van der Waals surface area contributed by atoms with Crippen LogP contribution >= 0.6 is 11.6 Å². The molecule has 0 unspecified atom stereocenters. The number of halogens is 1. The molecule has 0 aliphatic rings. The number of aromatic nitrogens is 1. The van der Waals surface area contributed by atoms with Crippen LogP contribution < -0.4 is 5.73 Å². The molecule has 0 radical (unpaired) electrons. The molecule has 5 heteroatoms. The summed E-state index contributed by atoms with van der Waals surface area (Å²) in [6.45, 7) is 5.47. The molecule has 2 N–H and O–H groups in total. The number of esters is 1. The number of aryl methyl sites for hydroxylation is 1. The van der Waals surface area contributed by atoms with Gasteiger partial charge in [-0.1, -0.05) is 17.7 Å². The Hall–Kier alpha value is -1.13. The molecule has 0 bridgehead atoms. The van der Waals surface area contributed by atoms with Crippen molar-refractivity contribution in [3.63, 3.8) is 0 Å². The molecule has 1 rings (SSSR count). The van der Waals surface area contributed by atoms with E-state index >= 15 is 0 Å². The van der Waals surface area contributed by atoms with Crippen molar-refractivity contribution in [2.75, 3.05) is 0 Å². The fourth-order valence-corrected chi connectivity index (χ4v) is 1.58. The van der Waals surface area contributed by atoms with Crippen LogP contribution in [-0.2, 0) is 16.0 Å². The molecule has 17 heavy (non-hydrogen) atoms. The van der Waals surface area contributed by atoms with Crippen molar-refractivity contribution < 1.29 is 9.53 Å². The maximum Gasteiger partial charge on any atom is 0.323 e. The van der Waals surface area contributed by atoms with E-state index in [1.54, 1.807) is 20.0 Å². The molecule has 0 fully saturated rings. The first-order chi connectivity index (χ1) is 7.90. The van der Waals surface area contributed by atoms with E-state index in [0.717, 1.165) is 11.1 Å². The quantitative estimate of drug-likeness (QED) is 0.660. The summed E-state index contributed by atoms with van der Waals surface area (Å²) < 4.78 is 5.03. The standard InChI is InChI=1S/C12H17ClN2O2/c1-7(2)17-12(16)10(14)5-9-4-8(3)6-15-11(9)13/h4,6-7,10H,5,14H2,1-3H3/t10-/m0/s1. The third-order valence-corrected chi connectivity index (χ3v) is 2.48. The number of rotatable bonds is 4. The average Bonchev–Trinajstić information content (AvgIpc) is 2.22. The molecule has 1 aromatic rings. The van der Waals surface area contributed by atoms with Gasteiger partial charge in [0.1, 0.15) is 11.2 Å². The van der Waals surface area contributed by atoms with E-state index in [-0.39, 0.29) is 6.10 Å². The molecule has 0 aliphatic carbocycles. The lowest BCUT2D eigenvalue weighted by Gasteiger charge is -2.14. The van der Waals surface area contributed by atoms with Crippen LogP contribution in [0.1, 0.15) is 25.0 Å². The summed E-state index contributed by atoms with van der Waals surface area (Å²) in [6.07, 6.45) is 1.84. The van der Waals surface area contributed by atoms with E-state index in [4.69, 9.17) is 22.1 Å². The van der Waals surface area contributed by atoms with Crippen molar-refractivity contribution in [2.24, 2.45) is 5.73 Å². The molecule has 94 valence electrons. The minimum atomic E-state index is -0.710. The van der Waals surface area contributed by atoms with Gasteiger partial charge in [-0.3, -0.25) is 4.79 Å². The highest BCUT2D eigenvalue weighted by Gasteiger charge is 2.18. The molecule has 0 spiro atoms. The number of carbonyl (C=O) groups is 1. The molecule has 1 heterocycles. The minimum Gasteiger partial charge on any atom is -0.462 e. The minimum absolute atomic E-state index is 0.167. The topological polar surface area (TPSA) is 65.2 Å². The van der Waals surface area contributed by atoms with Gasteiger partial charge in [-0.25, -0.2) is 4.98 Å². The highest BCUT2D eigenvalue weighted by molar-refractivity contribution is 6.30. The number of hydrogen-bond acceptors (Lipinski definition) is 4. The van der Waals surface area contributed by atoms with Gasteiger partial charge in [0.05, 0.1) is 6.10 Å². The van der Waals surface area contributed by atoms with E-state index in [2.05, 4.69) is 4.98 Å². The summed E-state index contributed by atoms with van der Waals surface area (Å²) >= 11 is 5.93. The van der Waals surface area contributed by atoms with Gasteiger partial charge in [0.2, 0.25) is 0 Å². The molecule has 1 atom stereocenters. The highest BCUT2D eigenvalue weighted by Crippen LogP contribution is 2.16. The number of pyridine rings is 1. The second kappa shape index (κ2) is 5.98. The molecule has 4 nitrogen and oxygen atoms in total. The Morgan fingerprint density at radius 1 is 1.59 bits per heavy atom. The predicted octanol–water partition coefficient (Wildman–Crippen LogP) is 1.86. The highest BCUT2D eigenvalue weighted by atomic mass is 35.5. The van der Waals surface area contributed by atoms with Gasteiger partial charge < -0.3 is 10.5 Å². The molecule has 1 aromatic heterocycles. The van der Waals surface area contributed by atoms with E-state index in [9.17, 15) is 4.79 Å². The van der Waals surface area contributed by atoms with Crippen molar-refractivity contribution in [2.45, 2.75) is 39.3 Å². The Balaban J connectivity index is 2.70. The molecule has 0 amide bonds. The lowest BCUT2D eigenvalue weighted by molar-refractivity contribution is -0.148. The van der Waals surface area contributed by atoms with Crippen LogP contribution in [0.15, 0.2) is 12.3 Å². The summed E-state index contributed by atoms with van der Waals surface area (Å²) in [5.41, 5.74) is 7.50. The average molecular weight is 257 g/mol. The number of ether oxygens (including phenoxy) is 1. The third-order valence-electron chi connectivity index (χ3n) is 2.14. The molecular formula is C12H17ClN2O2. The van der Waals surface area contributed by atoms with Gasteiger partial charge in [-0.15, -0.1) is 0 Å². The first-order valence-electron chi connectivity index (χ1n) is 5.47. The summed E-state index contributed by atoms with van der Waals surface area (Å²) in [5, 5.41) is 0.378. The zero-order valence-electron chi connectivity index (χ0n) is 10.2. The monoisotopic (exact) mass is 256 g/mol.